The lowest BCUT2D eigenvalue weighted by molar-refractivity contribution is 0.233. The fraction of sp³-hybridized carbons (Fsp3) is 0.588. The van der Waals surface area contributed by atoms with Crippen LogP contribution < -0.4 is 10.0 Å². The van der Waals surface area contributed by atoms with Crippen molar-refractivity contribution in [3.8, 4) is 0 Å². The van der Waals surface area contributed by atoms with Gasteiger partial charge in [0.2, 0.25) is 0 Å². The summed E-state index contributed by atoms with van der Waals surface area (Å²) in [5, 5.41) is 2.77. The number of amides is 2. The first-order chi connectivity index (χ1) is 10.8. The van der Waals surface area contributed by atoms with Crippen molar-refractivity contribution >= 4 is 16.1 Å². The molecule has 0 aromatic heterocycles. The third-order valence-electron chi connectivity index (χ3n) is 4.44. The molecule has 0 unspecified atom stereocenters. The minimum atomic E-state index is -3.83. The smallest absolute Gasteiger partial charge is 0.328 e. The SMILES string of the molecule is CC1CCC(NC(=O)NS(=O)(=O)c2ccc(C(C)C)cc2)CC1. The van der Waals surface area contributed by atoms with E-state index in [1.54, 1.807) is 12.1 Å². The predicted octanol–water partition coefficient (Wildman–Crippen LogP) is 3.38. The van der Waals surface area contributed by atoms with Gasteiger partial charge in [0.15, 0.2) is 0 Å². The summed E-state index contributed by atoms with van der Waals surface area (Å²) in [6, 6.07) is 6.04. The molecule has 0 atom stereocenters. The van der Waals surface area contributed by atoms with Crippen molar-refractivity contribution in [2.45, 2.75) is 63.3 Å². The lowest BCUT2D eigenvalue weighted by Gasteiger charge is -2.26. The number of benzene rings is 1. The monoisotopic (exact) mass is 338 g/mol. The molecule has 1 fully saturated rings. The molecule has 6 heteroatoms. The van der Waals surface area contributed by atoms with Gasteiger partial charge in [-0.15, -0.1) is 0 Å². The Bertz CT molecular complexity index is 630. The van der Waals surface area contributed by atoms with Crippen LogP contribution in [-0.2, 0) is 10.0 Å². The molecule has 23 heavy (non-hydrogen) atoms. The van der Waals surface area contributed by atoms with Crippen molar-refractivity contribution in [3.63, 3.8) is 0 Å². The first-order valence-corrected chi connectivity index (χ1v) is 9.69. The molecule has 1 saturated carbocycles. The van der Waals surface area contributed by atoms with Gasteiger partial charge in [0.05, 0.1) is 4.90 Å². The number of nitrogens with one attached hydrogen (secondary N) is 2. The number of sulfonamides is 1. The van der Waals surface area contributed by atoms with Gasteiger partial charge < -0.3 is 5.32 Å². The van der Waals surface area contributed by atoms with Crippen LogP contribution in [0.2, 0.25) is 0 Å². The highest BCUT2D eigenvalue weighted by molar-refractivity contribution is 7.90. The Labute approximate surface area is 138 Å². The van der Waals surface area contributed by atoms with Crippen LogP contribution in [0.25, 0.3) is 0 Å². The van der Waals surface area contributed by atoms with Gasteiger partial charge in [-0.05, 0) is 55.2 Å². The average molecular weight is 338 g/mol. The number of carbonyl (C=O) groups excluding carboxylic acids is 1. The van der Waals surface area contributed by atoms with Crippen LogP contribution in [0.15, 0.2) is 29.2 Å². The van der Waals surface area contributed by atoms with Crippen molar-refractivity contribution in [1.82, 2.24) is 10.0 Å². The van der Waals surface area contributed by atoms with Gasteiger partial charge in [-0.1, -0.05) is 32.9 Å². The maximum Gasteiger partial charge on any atom is 0.328 e. The first kappa shape index (κ1) is 17.8. The number of hydrogen-bond donors (Lipinski definition) is 2. The van der Waals surface area contributed by atoms with Crippen molar-refractivity contribution in [1.29, 1.82) is 0 Å². The highest BCUT2D eigenvalue weighted by Gasteiger charge is 2.23. The summed E-state index contributed by atoms with van der Waals surface area (Å²) >= 11 is 0. The Hall–Kier alpha value is -1.56. The van der Waals surface area contributed by atoms with E-state index in [2.05, 4.69) is 17.0 Å². The molecule has 0 aliphatic heterocycles. The van der Waals surface area contributed by atoms with E-state index < -0.39 is 16.1 Å². The number of urea groups is 1. The normalized spacial score (nSPS) is 21.9. The molecule has 128 valence electrons. The van der Waals surface area contributed by atoms with Crippen LogP contribution in [0.1, 0.15) is 57.9 Å². The molecule has 1 aromatic carbocycles. The second-order valence-electron chi connectivity index (χ2n) is 6.76. The van der Waals surface area contributed by atoms with Gasteiger partial charge >= 0.3 is 6.03 Å². The summed E-state index contributed by atoms with van der Waals surface area (Å²) in [5.41, 5.74) is 1.06. The lowest BCUT2D eigenvalue weighted by Crippen LogP contribution is -2.45. The second-order valence-corrected chi connectivity index (χ2v) is 8.44. The molecular weight excluding hydrogens is 312 g/mol. The Morgan fingerprint density at radius 1 is 1.09 bits per heavy atom. The second kappa shape index (κ2) is 7.34. The van der Waals surface area contributed by atoms with E-state index in [9.17, 15) is 13.2 Å². The summed E-state index contributed by atoms with van der Waals surface area (Å²) < 4.78 is 26.6. The van der Waals surface area contributed by atoms with E-state index in [1.165, 1.54) is 12.1 Å². The van der Waals surface area contributed by atoms with Gasteiger partial charge in [-0.25, -0.2) is 17.9 Å². The number of carbonyl (C=O) groups is 1. The van der Waals surface area contributed by atoms with Crippen molar-refractivity contribution < 1.29 is 13.2 Å². The molecule has 2 amide bonds. The third kappa shape index (κ3) is 4.96. The highest BCUT2D eigenvalue weighted by Crippen LogP contribution is 2.23. The molecule has 0 heterocycles. The van der Waals surface area contributed by atoms with Crippen LogP contribution in [0.5, 0.6) is 0 Å². The van der Waals surface area contributed by atoms with Gasteiger partial charge in [-0.2, -0.15) is 0 Å². The maximum atomic E-state index is 12.2. The largest absolute Gasteiger partial charge is 0.335 e. The Morgan fingerprint density at radius 2 is 1.65 bits per heavy atom. The minimum Gasteiger partial charge on any atom is -0.335 e. The molecule has 0 spiro atoms. The van der Waals surface area contributed by atoms with Gasteiger partial charge in [-0.3, -0.25) is 0 Å². The zero-order valence-electron chi connectivity index (χ0n) is 14.0. The van der Waals surface area contributed by atoms with Crippen LogP contribution in [0.3, 0.4) is 0 Å². The van der Waals surface area contributed by atoms with Crippen LogP contribution >= 0.6 is 0 Å². The van der Waals surface area contributed by atoms with E-state index in [1.807, 2.05) is 13.8 Å². The fourth-order valence-electron chi connectivity index (χ4n) is 2.83. The molecule has 5 nitrogen and oxygen atoms in total. The molecule has 0 radical (unpaired) electrons. The standard InChI is InChI=1S/C17H26N2O3S/c1-12(2)14-6-10-16(11-7-14)23(21,22)19-17(20)18-15-8-4-13(3)5-9-15/h6-7,10-13,15H,4-5,8-9H2,1-3H3,(H2,18,19,20). The lowest BCUT2D eigenvalue weighted by atomic mass is 9.87. The van der Waals surface area contributed by atoms with Gasteiger partial charge in [0.25, 0.3) is 10.0 Å². The Kier molecular flexibility index (Phi) is 5.68. The zero-order valence-corrected chi connectivity index (χ0v) is 14.8. The van der Waals surface area contributed by atoms with E-state index in [0.29, 0.717) is 11.8 Å². The quantitative estimate of drug-likeness (QED) is 0.884. The maximum absolute atomic E-state index is 12.2. The summed E-state index contributed by atoms with van der Waals surface area (Å²) in [7, 11) is -3.83. The minimum absolute atomic E-state index is 0.0599. The molecule has 0 bridgehead atoms. The Morgan fingerprint density at radius 3 is 2.17 bits per heavy atom. The predicted molar refractivity (Wildman–Crippen MR) is 90.8 cm³/mol. The molecule has 1 aliphatic rings. The topological polar surface area (TPSA) is 75.3 Å². The fourth-order valence-corrected chi connectivity index (χ4v) is 3.75. The summed E-state index contributed by atoms with van der Waals surface area (Å²) in [6.07, 6.45) is 3.93. The highest BCUT2D eigenvalue weighted by atomic mass is 32.2. The number of rotatable bonds is 4. The summed E-state index contributed by atoms with van der Waals surface area (Å²) in [4.78, 5) is 12.1. The number of hydrogen-bond acceptors (Lipinski definition) is 3. The molecular formula is C17H26N2O3S. The van der Waals surface area contributed by atoms with Gasteiger partial charge in [0.1, 0.15) is 0 Å². The average Bonchev–Trinajstić information content (AvgIpc) is 2.49. The third-order valence-corrected chi connectivity index (χ3v) is 5.78. The molecule has 2 rings (SSSR count). The van der Waals surface area contributed by atoms with E-state index in [4.69, 9.17) is 0 Å². The van der Waals surface area contributed by atoms with E-state index in [0.717, 1.165) is 31.2 Å². The zero-order chi connectivity index (χ0) is 17.0. The Balaban J connectivity index is 1.96. The first-order valence-electron chi connectivity index (χ1n) is 8.21. The van der Waals surface area contributed by atoms with Crippen LogP contribution in [0.4, 0.5) is 4.79 Å². The van der Waals surface area contributed by atoms with Crippen molar-refractivity contribution in [2.75, 3.05) is 0 Å². The molecule has 1 aromatic rings. The van der Waals surface area contributed by atoms with Crippen molar-refractivity contribution in [3.05, 3.63) is 29.8 Å². The summed E-state index contributed by atoms with van der Waals surface area (Å²) in [6.45, 7) is 6.28. The van der Waals surface area contributed by atoms with Crippen molar-refractivity contribution in [2.24, 2.45) is 5.92 Å². The van der Waals surface area contributed by atoms with Crippen LogP contribution in [0, 0.1) is 5.92 Å². The van der Waals surface area contributed by atoms with Gasteiger partial charge in [0, 0.05) is 6.04 Å². The molecule has 0 saturated heterocycles. The summed E-state index contributed by atoms with van der Waals surface area (Å²) in [5.74, 6) is 1.01. The molecule has 1 aliphatic carbocycles. The molecule has 2 N–H and O–H groups in total. The van der Waals surface area contributed by atoms with E-state index in [-0.39, 0.29) is 10.9 Å². The van der Waals surface area contributed by atoms with E-state index >= 15 is 0 Å². The van der Waals surface area contributed by atoms with Crippen LogP contribution in [-0.4, -0.2) is 20.5 Å².